The first-order valence-electron chi connectivity index (χ1n) is 11.7. The smallest absolute Gasteiger partial charge is 0.230 e. The Morgan fingerprint density at radius 1 is 1.00 bits per heavy atom. The summed E-state index contributed by atoms with van der Waals surface area (Å²) in [5, 5.41) is 12.5. The van der Waals surface area contributed by atoms with E-state index in [2.05, 4.69) is 25.0 Å². The summed E-state index contributed by atoms with van der Waals surface area (Å²) in [5.41, 5.74) is 1.01. The van der Waals surface area contributed by atoms with Crippen LogP contribution < -0.4 is 14.8 Å². The van der Waals surface area contributed by atoms with Gasteiger partial charge in [0.05, 0.1) is 25.4 Å². The van der Waals surface area contributed by atoms with Gasteiger partial charge in [-0.2, -0.15) is 0 Å². The standard InChI is InChI=1S/C25H31N5O3S/c1-2-32-21-10-12-22(13-11-21)33-17-14-26-24(31)19-34-25-28-27-23(18-29-15-6-7-16-29)30(25)20-8-4-3-5-9-20/h3-5,8-13H,2,6-7,14-19H2,1H3,(H,26,31). The molecule has 0 radical (unpaired) electrons. The second kappa shape index (κ2) is 12.4. The molecule has 180 valence electrons. The Bertz CT molecular complexity index is 1040. The molecule has 0 spiro atoms. The molecule has 34 heavy (non-hydrogen) atoms. The Hall–Kier alpha value is -3.04. The molecule has 2 heterocycles. The van der Waals surface area contributed by atoms with Crippen molar-refractivity contribution in [1.82, 2.24) is 25.0 Å². The number of carbonyl (C=O) groups is 1. The van der Waals surface area contributed by atoms with Crippen LogP contribution >= 0.6 is 11.8 Å². The van der Waals surface area contributed by atoms with Crippen molar-refractivity contribution in [3.8, 4) is 17.2 Å². The van der Waals surface area contributed by atoms with E-state index in [0.717, 1.165) is 47.8 Å². The maximum Gasteiger partial charge on any atom is 0.230 e. The molecule has 1 N–H and O–H groups in total. The van der Waals surface area contributed by atoms with E-state index in [1.807, 2.05) is 61.5 Å². The fourth-order valence-corrected chi connectivity index (χ4v) is 4.61. The summed E-state index contributed by atoms with van der Waals surface area (Å²) in [6, 6.07) is 17.5. The van der Waals surface area contributed by atoms with Crippen molar-refractivity contribution in [3.05, 3.63) is 60.4 Å². The number of nitrogens with zero attached hydrogens (tertiary/aromatic N) is 4. The van der Waals surface area contributed by atoms with Crippen LogP contribution in [0, 0.1) is 0 Å². The summed E-state index contributed by atoms with van der Waals surface area (Å²) in [5.74, 6) is 2.65. The SMILES string of the molecule is CCOc1ccc(OCCNC(=O)CSc2nnc(CN3CCCC3)n2-c2ccccc2)cc1. The van der Waals surface area contributed by atoms with E-state index >= 15 is 0 Å². The highest BCUT2D eigenvalue weighted by molar-refractivity contribution is 7.99. The number of carbonyl (C=O) groups excluding carboxylic acids is 1. The number of ether oxygens (including phenoxy) is 2. The molecular weight excluding hydrogens is 450 g/mol. The van der Waals surface area contributed by atoms with Crippen molar-refractivity contribution in [3.63, 3.8) is 0 Å². The summed E-state index contributed by atoms with van der Waals surface area (Å²) in [6.07, 6.45) is 2.45. The Kier molecular flexibility index (Phi) is 8.81. The van der Waals surface area contributed by atoms with Gasteiger partial charge in [0.2, 0.25) is 5.91 Å². The van der Waals surface area contributed by atoms with Crippen LogP contribution in [0.3, 0.4) is 0 Å². The molecule has 1 amide bonds. The molecule has 1 aliphatic heterocycles. The highest BCUT2D eigenvalue weighted by Crippen LogP contribution is 2.23. The van der Waals surface area contributed by atoms with Gasteiger partial charge in [-0.3, -0.25) is 14.3 Å². The van der Waals surface area contributed by atoms with Crippen LogP contribution in [0.1, 0.15) is 25.6 Å². The van der Waals surface area contributed by atoms with E-state index in [0.29, 0.717) is 19.8 Å². The zero-order chi connectivity index (χ0) is 23.6. The molecule has 0 unspecified atom stereocenters. The largest absolute Gasteiger partial charge is 0.494 e. The van der Waals surface area contributed by atoms with Gasteiger partial charge in [0.15, 0.2) is 11.0 Å². The molecule has 3 aromatic rings. The molecule has 0 saturated carbocycles. The molecule has 1 aliphatic rings. The van der Waals surface area contributed by atoms with Crippen molar-refractivity contribution in [2.45, 2.75) is 31.5 Å². The van der Waals surface area contributed by atoms with Crippen molar-refractivity contribution in [1.29, 1.82) is 0 Å². The highest BCUT2D eigenvalue weighted by atomic mass is 32.2. The number of rotatable bonds is 12. The van der Waals surface area contributed by atoms with E-state index in [4.69, 9.17) is 9.47 Å². The normalized spacial score (nSPS) is 13.7. The van der Waals surface area contributed by atoms with Gasteiger partial charge in [-0.1, -0.05) is 30.0 Å². The molecule has 1 saturated heterocycles. The Balaban J connectivity index is 1.27. The van der Waals surface area contributed by atoms with E-state index < -0.39 is 0 Å². The van der Waals surface area contributed by atoms with Gasteiger partial charge >= 0.3 is 0 Å². The number of aromatic nitrogens is 3. The van der Waals surface area contributed by atoms with Crippen LogP contribution in [0.15, 0.2) is 59.8 Å². The molecule has 4 rings (SSSR count). The second-order valence-electron chi connectivity index (χ2n) is 7.94. The van der Waals surface area contributed by atoms with Gasteiger partial charge in [-0.05, 0) is 69.3 Å². The molecule has 0 bridgehead atoms. The third-order valence-electron chi connectivity index (χ3n) is 5.44. The first-order chi connectivity index (χ1) is 16.7. The molecule has 8 nitrogen and oxygen atoms in total. The lowest BCUT2D eigenvalue weighted by molar-refractivity contribution is -0.118. The lowest BCUT2D eigenvalue weighted by Gasteiger charge is -2.16. The molecule has 2 aromatic carbocycles. The average molecular weight is 482 g/mol. The molecule has 0 atom stereocenters. The lowest BCUT2D eigenvalue weighted by atomic mass is 10.3. The van der Waals surface area contributed by atoms with Gasteiger partial charge < -0.3 is 14.8 Å². The predicted octanol–water partition coefficient (Wildman–Crippen LogP) is 3.55. The van der Waals surface area contributed by atoms with Gasteiger partial charge in [-0.25, -0.2) is 0 Å². The number of thioether (sulfide) groups is 1. The molecular formula is C25H31N5O3S. The molecule has 1 aromatic heterocycles. The average Bonchev–Trinajstić information content (AvgIpc) is 3.52. The number of hydrogen-bond donors (Lipinski definition) is 1. The second-order valence-corrected chi connectivity index (χ2v) is 8.89. The van der Waals surface area contributed by atoms with Gasteiger partial charge in [-0.15, -0.1) is 10.2 Å². The Labute approximate surface area is 204 Å². The van der Waals surface area contributed by atoms with Crippen molar-refractivity contribution >= 4 is 17.7 Å². The van der Waals surface area contributed by atoms with Crippen LogP contribution in [0.4, 0.5) is 0 Å². The summed E-state index contributed by atoms with van der Waals surface area (Å²) in [4.78, 5) is 14.8. The Morgan fingerprint density at radius 2 is 1.71 bits per heavy atom. The summed E-state index contributed by atoms with van der Waals surface area (Å²) in [6.45, 7) is 6.34. The van der Waals surface area contributed by atoms with Crippen LogP contribution in [0.2, 0.25) is 0 Å². The lowest BCUT2D eigenvalue weighted by Crippen LogP contribution is -2.29. The third kappa shape index (κ3) is 6.74. The fourth-order valence-electron chi connectivity index (χ4n) is 3.81. The number of likely N-dealkylation sites (tertiary alicyclic amines) is 1. The van der Waals surface area contributed by atoms with Crippen LogP contribution in [-0.4, -0.2) is 64.2 Å². The zero-order valence-electron chi connectivity index (χ0n) is 19.5. The Morgan fingerprint density at radius 3 is 2.41 bits per heavy atom. The monoisotopic (exact) mass is 481 g/mol. The van der Waals surface area contributed by atoms with Crippen LogP contribution in [0.25, 0.3) is 5.69 Å². The number of amides is 1. The van der Waals surface area contributed by atoms with Gasteiger partial charge in [0.25, 0.3) is 0 Å². The van der Waals surface area contributed by atoms with Crippen molar-refractivity contribution in [2.24, 2.45) is 0 Å². The molecule has 1 fully saturated rings. The molecule has 0 aliphatic carbocycles. The van der Waals surface area contributed by atoms with Gasteiger partial charge in [0.1, 0.15) is 18.1 Å². The minimum atomic E-state index is -0.0657. The predicted molar refractivity (Wildman–Crippen MR) is 133 cm³/mol. The van der Waals surface area contributed by atoms with Crippen molar-refractivity contribution in [2.75, 3.05) is 38.6 Å². The van der Waals surface area contributed by atoms with E-state index in [-0.39, 0.29) is 11.7 Å². The topological polar surface area (TPSA) is 81.5 Å². The van der Waals surface area contributed by atoms with E-state index in [1.54, 1.807) is 0 Å². The number of benzene rings is 2. The van der Waals surface area contributed by atoms with Gasteiger partial charge in [0, 0.05) is 5.69 Å². The minimum Gasteiger partial charge on any atom is -0.494 e. The third-order valence-corrected chi connectivity index (χ3v) is 6.37. The number of hydrogen-bond acceptors (Lipinski definition) is 7. The first kappa shape index (κ1) is 24.1. The number of para-hydroxylation sites is 1. The summed E-state index contributed by atoms with van der Waals surface area (Å²) < 4.78 is 13.2. The van der Waals surface area contributed by atoms with Crippen molar-refractivity contribution < 1.29 is 14.3 Å². The quantitative estimate of drug-likeness (QED) is 0.313. The fraction of sp³-hybridized carbons (Fsp3) is 0.400. The number of nitrogens with one attached hydrogen (secondary N) is 1. The highest BCUT2D eigenvalue weighted by Gasteiger charge is 2.20. The van der Waals surface area contributed by atoms with Crippen LogP contribution in [-0.2, 0) is 11.3 Å². The van der Waals surface area contributed by atoms with E-state index in [1.165, 1.54) is 24.6 Å². The first-order valence-corrected chi connectivity index (χ1v) is 12.7. The molecule has 9 heteroatoms. The van der Waals surface area contributed by atoms with Crippen LogP contribution in [0.5, 0.6) is 11.5 Å². The van der Waals surface area contributed by atoms with E-state index in [9.17, 15) is 4.79 Å². The maximum atomic E-state index is 12.4. The summed E-state index contributed by atoms with van der Waals surface area (Å²) >= 11 is 1.39. The minimum absolute atomic E-state index is 0.0657. The summed E-state index contributed by atoms with van der Waals surface area (Å²) in [7, 11) is 0. The maximum absolute atomic E-state index is 12.4. The zero-order valence-corrected chi connectivity index (χ0v) is 20.3.